The number of carbonyl (C=O) groups excluding carboxylic acids is 1. The number of aryl methyl sites for hydroxylation is 1. The summed E-state index contributed by atoms with van der Waals surface area (Å²) in [6, 6.07) is 1.93. The maximum atomic E-state index is 10.9. The van der Waals surface area contributed by atoms with Crippen LogP contribution in [-0.4, -0.2) is 29.0 Å². The van der Waals surface area contributed by atoms with Crippen LogP contribution in [0, 0.1) is 12.8 Å². The molecular weight excluding hydrogens is 296 g/mol. The number of carbonyl (C=O) groups is 1. The number of rotatable bonds is 3. The van der Waals surface area contributed by atoms with Gasteiger partial charge in [-0.25, -0.2) is 9.97 Å². The van der Waals surface area contributed by atoms with Gasteiger partial charge in [0.2, 0.25) is 5.91 Å². The summed E-state index contributed by atoms with van der Waals surface area (Å²) in [7, 11) is 0. The summed E-state index contributed by atoms with van der Waals surface area (Å²) in [6.45, 7) is 3.72. The molecule has 0 atom stereocenters. The molecular formula is C12H17BrN4O. The molecule has 0 spiro atoms. The summed E-state index contributed by atoms with van der Waals surface area (Å²) in [5.41, 5.74) is 5.23. The van der Waals surface area contributed by atoms with Crippen molar-refractivity contribution < 1.29 is 4.79 Å². The Kier molecular flexibility index (Phi) is 4.16. The Hall–Kier alpha value is -1.17. The van der Waals surface area contributed by atoms with Crippen LogP contribution < -0.4 is 10.6 Å². The molecule has 2 N–H and O–H groups in total. The van der Waals surface area contributed by atoms with Crippen LogP contribution in [0.2, 0.25) is 0 Å². The van der Waals surface area contributed by atoms with Crippen molar-refractivity contribution in [3.05, 3.63) is 16.5 Å². The highest BCUT2D eigenvalue weighted by atomic mass is 79.9. The van der Waals surface area contributed by atoms with Crippen LogP contribution in [0.15, 0.2) is 10.7 Å². The van der Waals surface area contributed by atoms with Gasteiger partial charge in [-0.3, -0.25) is 4.79 Å². The zero-order valence-corrected chi connectivity index (χ0v) is 12.0. The van der Waals surface area contributed by atoms with Gasteiger partial charge >= 0.3 is 0 Å². The molecule has 6 heteroatoms. The number of anilines is 1. The fourth-order valence-electron chi connectivity index (χ4n) is 2.33. The minimum Gasteiger partial charge on any atom is -0.370 e. The Balaban J connectivity index is 1.98. The van der Waals surface area contributed by atoms with Crippen LogP contribution in [-0.2, 0) is 4.79 Å². The Morgan fingerprint density at radius 3 is 2.72 bits per heavy atom. The van der Waals surface area contributed by atoms with Crippen molar-refractivity contribution in [2.24, 2.45) is 11.7 Å². The molecule has 2 heterocycles. The van der Waals surface area contributed by atoms with Crippen molar-refractivity contribution in [2.75, 3.05) is 18.0 Å². The second kappa shape index (κ2) is 5.65. The fraction of sp³-hybridized carbons (Fsp3) is 0.583. The Bertz CT molecular complexity index is 423. The van der Waals surface area contributed by atoms with Crippen LogP contribution in [0.3, 0.4) is 0 Å². The number of primary amides is 1. The molecule has 0 radical (unpaired) electrons. The van der Waals surface area contributed by atoms with Gasteiger partial charge in [0.05, 0.1) is 0 Å². The molecule has 0 bridgehead atoms. The largest absolute Gasteiger partial charge is 0.370 e. The van der Waals surface area contributed by atoms with Crippen LogP contribution in [0.25, 0.3) is 0 Å². The summed E-state index contributed by atoms with van der Waals surface area (Å²) in [5.74, 6) is 1.93. The average Bonchev–Trinajstić information content (AvgIpc) is 2.27. The minimum absolute atomic E-state index is 0.200. The summed E-state index contributed by atoms with van der Waals surface area (Å²) in [4.78, 5) is 21.8. The van der Waals surface area contributed by atoms with Gasteiger partial charge in [-0.1, -0.05) is 0 Å². The fourth-order valence-corrected chi connectivity index (χ4v) is 2.79. The van der Waals surface area contributed by atoms with E-state index in [1.165, 1.54) is 0 Å². The first kappa shape index (κ1) is 13.3. The molecule has 18 heavy (non-hydrogen) atoms. The molecule has 1 saturated heterocycles. The molecule has 0 aliphatic carbocycles. The van der Waals surface area contributed by atoms with E-state index in [4.69, 9.17) is 5.73 Å². The maximum Gasteiger partial charge on any atom is 0.217 e. The van der Waals surface area contributed by atoms with Gasteiger partial charge in [0.15, 0.2) is 0 Å². The van der Waals surface area contributed by atoms with Crippen LogP contribution in [0.5, 0.6) is 0 Å². The van der Waals surface area contributed by atoms with Gasteiger partial charge in [-0.2, -0.15) is 0 Å². The second-order valence-corrected chi connectivity index (χ2v) is 5.51. The highest BCUT2D eigenvalue weighted by molar-refractivity contribution is 9.10. The molecule has 2 rings (SSSR count). The van der Waals surface area contributed by atoms with Crippen molar-refractivity contribution >= 4 is 27.7 Å². The van der Waals surface area contributed by atoms with Gasteiger partial charge < -0.3 is 10.6 Å². The van der Waals surface area contributed by atoms with E-state index in [1.54, 1.807) is 0 Å². The lowest BCUT2D eigenvalue weighted by Crippen LogP contribution is -2.35. The van der Waals surface area contributed by atoms with E-state index >= 15 is 0 Å². The van der Waals surface area contributed by atoms with E-state index in [-0.39, 0.29) is 5.91 Å². The quantitative estimate of drug-likeness (QED) is 0.861. The van der Waals surface area contributed by atoms with Gasteiger partial charge in [-0.05, 0) is 41.6 Å². The lowest BCUT2D eigenvalue weighted by atomic mass is 9.93. The van der Waals surface area contributed by atoms with Crippen molar-refractivity contribution in [1.29, 1.82) is 0 Å². The van der Waals surface area contributed by atoms with Crippen LogP contribution >= 0.6 is 15.9 Å². The molecule has 98 valence electrons. The van der Waals surface area contributed by atoms with E-state index in [0.717, 1.165) is 42.2 Å². The highest BCUT2D eigenvalue weighted by Gasteiger charge is 2.21. The molecule has 1 amide bonds. The van der Waals surface area contributed by atoms with Gasteiger partial charge in [-0.15, -0.1) is 0 Å². The maximum absolute atomic E-state index is 10.9. The molecule has 0 aromatic carbocycles. The summed E-state index contributed by atoms with van der Waals surface area (Å²) >= 11 is 3.39. The van der Waals surface area contributed by atoms with Crippen LogP contribution in [0.4, 0.5) is 5.82 Å². The monoisotopic (exact) mass is 312 g/mol. The molecule has 1 aliphatic heterocycles. The number of amides is 1. The Labute approximate surface area is 115 Å². The van der Waals surface area contributed by atoms with Gasteiger partial charge in [0.25, 0.3) is 0 Å². The third-order valence-corrected chi connectivity index (χ3v) is 3.63. The summed E-state index contributed by atoms with van der Waals surface area (Å²) in [5, 5.41) is 0. The predicted molar refractivity (Wildman–Crippen MR) is 73.2 cm³/mol. The molecule has 1 aromatic heterocycles. The third kappa shape index (κ3) is 3.41. The third-order valence-electron chi connectivity index (χ3n) is 3.22. The SMILES string of the molecule is Cc1nc(Br)cc(N2CCC(CC(N)=O)CC2)n1. The number of aromatic nitrogens is 2. The minimum atomic E-state index is -0.200. The molecule has 1 fully saturated rings. The average molecular weight is 313 g/mol. The van der Waals surface area contributed by atoms with Crippen molar-refractivity contribution in [2.45, 2.75) is 26.2 Å². The molecule has 0 saturated carbocycles. The number of hydrogen-bond acceptors (Lipinski definition) is 4. The number of nitrogens with zero attached hydrogens (tertiary/aromatic N) is 3. The zero-order chi connectivity index (χ0) is 13.1. The van der Waals surface area contributed by atoms with Gasteiger partial charge in [0, 0.05) is 25.6 Å². The molecule has 5 nitrogen and oxygen atoms in total. The lowest BCUT2D eigenvalue weighted by molar-refractivity contribution is -0.119. The van der Waals surface area contributed by atoms with E-state index in [0.29, 0.717) is 12.3 Å². The van der Waals surface area contributed by atoms with Gasteiger partial charge in [0.1, 0.15) is 16.2 Å². The summed E-state index contributed by atoms with van der Waals surface area (Å²) < 4.78 is 0.809. The van der Waals surface area contributed by atoms with E-state index in [2.05, 4.69) is 30.8 Å². The van der Waals surface area contributed by atoms with E-state index < -0.39 is 0 Å². The lowest BCUT2D eigenvalue weighted by Gasteiger charge is -2.32. The van der Waals surface area contributed by atoms with Crippen LogP contribution in [0.1, 0.15) is 25.1 Å². The first-order valence-corrected chi connectivity index (χ1v) is 6.88. The Morgan fingerprint density at radius 1 is 1.50 bits per heavy atom. The van der Waals surface area contributed by atoms with Crippen molar-refractivity contribution in [3.63, 3.8) is 0 Å². The van der Waals surface area contributed by atoms with Crippen molar-refractivity contribution in [1.82, 2.24) is 9.97 Å². The number of piperidine rings is 1. The zero-order valence-electron chi connectivity index (χ0n) is 10.4. The van der Waals surface area contributed by atoms with Crippen molar-refractivity contribution in [3.8, 4) is 0 Å². The van der Waals surface area contributed by atoms with E-state index in [1.807, 2.05) is 13.0 Å². The summed E-state index contributed by atoms with van der Waals surface area (Å²) in [6.07, 6.45) is 2.48. The number of halogens is 1. The first-order valence-electron chi connectivity index (χ1n) is 6.09. The second-order valence-electron chi connectivity index (χ2n) is 4.70. The normalized spacial score (nSPS) is 16.9. The first-order chi connectivity index (χ1) is 8.54. The molecule has 0 unspecified atom stereocenters. The smallest absolute Gasteiger partial charge is 0.217 e. The Morgan fingerprint density at radius 2 is 2.17 bits per heavy atom. The highest BCUT2D eigenvalue weighted by Crippen LogP contribution is 2.25. The molecule has 1 aliphatic rings. The predicted octanol–water partition coefficient (Wildman–Crippen LogP) is 1.64. The molecule has 1 aromatic rings. The topological polar surface area (TPSA) is 72.1 Å². The number of nitrogens with two attached hydrogens (primary N) is 1. The van der Waals surface area contributed by atoms with E-state index in [9.17, 15) is 4.79 Å². The standard InChI is InChI=1S/C12H17BrN4O/c1-8-15-10(13)7-12(16-8)17-4-2-9(3-5-17)6-11(14)18/h7,9H,2-6H2,1H3,(H2,14,18). The number of hydrogen-bond donors (Lipinski definition) is 1.